The lowest BCUT2D eigenvalue weighted by Crippen LogP contribution is -2.22. The third kappa shape index (κ3) is 4.49. The lowest BCUT2D eigenvalue weighted by Gasteiger charge is -2.13. The summed E-state index contributed by atoms with van der Waals surface area (Å²) in [6.07, 6.45) is 3.56. The van der Waals surface area contributed by atoms with Gasteiger partial charge in [0.2, 0.25) is 5.91 Å². The number of nitrogens with one attached hydrogen (secondary N) is 1. The number of carbonyl (C=O) groups excluding carboxylic acids is 1. The van der Waals surface area contributed by atoms with Crippen LogP contribution >= 0.6 is 11.8 Å². The number of anilines is 1. The van der Waals surface area contributed by atoms with Crippen LogP contribution in [0, 0.1) is 11.3 Å². The van der Waals surface area contributed by atoms with Crippen molar-refractivity contribution in [3.05, 3.63) is 66.5 Å². The van der Waals surface area contributed by atoms with Crippen molar-refractivity contribution >= 4 is 23.4 Å². The SMILES string of the molecule is COc1ccc(-n2ccnc2S[C@@H](C)C(=O)Nc2ccc(C#N)cc2)cc1. The first-order valence-corrected chi connectivity index (χ1v) is 9.14. The molecule has 0 bridgehead atoms. The van der Waals surface area contributed by atoms with E-state index in [1.807, 2.05) is 42.0 Å². The summed E-state index contributed by atoms with van der Waals surface area (Å²) in [7, 11) is 1.63. The molecule has 0 fully saturated rings. The first-order chi connectivity index (χ1) is 13.1. The maximum atomic E-state index is 12.5. The van der Waals surface area contributed by atoms with E-state index in [0.29, 0.717) is 11.3 Å². The molecule has 1 N–H and O–H groups in total. The van der Waals surface area contributed by atoms with Crippen LogP contribution in [0.2, 0.25) is 0 Å². The summed E-state index contributed by atoms with van der Waals surface area (Å²) >= 11 is 1.37. The smallest absolute Gasteiger partial charge is 0.237 e. The topological polar surface area (TPSA) is 79.9 Å². The zero-order valence-corrected chi connectivity index (χ0v) is 15.7. The summed E-state index contributed by atoms with van der Waals surface area (Å²) in [5.41, 5.74) is 2.15. The molecule has 3 rings (SSSR count). The molecule has 0 radical (unpaired) electrons. The minimum atomic E-state index is -0.347. The van der Waals surface area contributed by atoms with Crippen LogP contribution in [-0.2, 0) is 4.79 Å². The van der Waals surface area contributed by atoms with Crippen molar-refractivity contribution in [1.82, 2.24) is 9.55 Å². The molecule has 0 spiro atoms. The quantitative estimate of drug-likeness (QED) is 0.659. The Morgan fingerprint density at radius 3 is 2.56 bits per heavy atom. The number of nitriles is 1. The van der Waals surface area contributed by atoms with Crippen molar-refractivity contribution in [3.8, 4) is 17.5 Å². The van der Waals surface area contributed by atoms with Crippen LogP contribution in [0.15, 0.2) is 66.1 Å². The molecule has 0 aliphatic heterocycles. The Morgan fingerprint density at radius 2 is 1.93 bits per heavy atom. The highest BCUT2D eigenvalue weighted by molar-refractivity contribution is 8.00. The summed E-state index contributed by atoms with van der Waals surface area (Å²) in [6, 6.07) is 16.5. The van der Waals surface area contributed by atoms with E-state index >= 15 is 0 Å². The number of nitrogens with zero attached hydrogens (tertiary/aromatic N) is 3. The van der Waals surface area contributed by atoms with Gasteiger partial charge in [-0.25, -0.2) is 4.98 Å². The van der Waals surface area contributed by atoms with Gasteiger partial charge in [-0.15, -0.1) is 0 Å². The van der Waals surface area contributed by atoms with Gasteiger partial charge in [-0.2, -0.15) is 5.26 Å². The van der Waals surface area contributed by atoms with E-state index in [-0.39, 0.29) is 11.2 Å². The van der Waals surface area contributed by atoms with E-state index in [2.05, 4.69) is 16.4 Å². The number of amides is 1. The number of rotatable bonds is 6. The fourth-order valence-corrected chi connectivity index (χ4v) is 3.28. The van der Waals surface area contributed by atoms with E-state index in [9.17, 15) is 4.79 Å². The van der Waals surface area contributed by atoms with Gasteiger partial charge in [-0.3, -0.25) is 9.36 Å². The summed E-state index contributed by atoms with van der Waals surface area (Å²) in [6.45, 7) is 1.83. The molecule has 1 heterocycles. The molecule has 7 heteroatoms. The lowest BCUT2D eigenvalue weighted by atomic mass is 10.2. The normalized spacial score (nSPS) is 11.4. The van der Waals surface area contributed by atoms with Crippen LogP contribution in [0.4, 0.5) is 5.69 Å². The molecule has 0 saturated heterocycles. The first-order valence-electron chi connectivity index (χ1n) is 8.26. The maximum Gasteiger partial charge on any atom is 0.237 e. The van der Waals surface area contributed by atoms with E-state index in [1.165, 1.54) is 11.8 Å². The number of benzene rings is 2. The molecule has 0 aliphatic rings. The second-order valence-corrected chi connectivity index (χ2v) is 7.02. The Bertz CT molecular complexity index is 959. The Kier molecular flexibility index (Phi) is 5.79. The van der Waals surface area contributed by atoms with Crippen molar-refractivity contribution in [1.29, 1.82) is 5.26 Å². The van der Waals surface area contributed by atoms with Gasteiger partial charge in [0.25, 0.3) is 0 Å². The number of ether oxygens (including phenoxy) is 1. The van der Waals surface area contributed by atoms with Gasteiger partial charge in [0.15, 0.2) is 5.16 Å². The number of methoxy groups -OCH3 is 1. The minimum absolute atomic E-state index is 0.131. The molecule has 0 unspecified atom stereocenters. The predicted molar refractivity (Wildman–Crippen MR) is 105 cm³/mol. The van der Waals surface area contributed by atoms with Crippen molar-refractivity contribution in [2.45, 2.75) is 17.3 Å². The van der Waals surface area contributed by atoms with Gasteiger partial charge < -0.3 is 10.1 Å². The van der Waals surface area contributed by atoms with E-state index in [1.54, 1.807) is 37.6 Å². The van der Waals surface area contributed by atoms with E-state index < -0.39 is 0 Å². The average molecular weight is 378 g/mol. The molecule has 0 saturated carbocycles. The standard InChI is InChI=1S/C20H18N4O2S/c1-14(19(25)23-16-5-3-15(13-21)4-6-16)27-20-22-11-12-24(20)17-7-9-18(26-2)10-8-17/h3-12,14H,1-2H3,(H,23,25)/t14-/m0/s1. The molecule has 2 aromatic carbocycles. The van der Waals surface area contributed by atoms with Crippen molar-refractivity contribution in [3.63, 3.8) is 0 Å². The highest BCUT2D eigenvalue weighted by Gasteiger charge is 2.18. The van der Waals surface area contributed by atoms with Crippen LogP contribution in [0.3, 0.4) is 0 Å². The molecule has 1 aromatic heterocycles. The summed E-state index contributed by atoms with van der Waals surface area (Å²) in [4.78, 5) is 16.8. The fourth-order valence-electron chi connectivity index (χ4n) is 2.40. The highest BCUT2D eigenvalue weighted by atomic mass is 32.2. The average Bonchev–Trinajstić information content (AvgIpc) is 3.16. The lowest BCUT2D eigenvalue weighted by molar-refractivity contribution is -0.115. The first kappa shape index (κ1) is 18.5. The molecule has 136 valence electrons. The Hall–Kier alpha value is -3.24. The third-order valence-corrected chi connectivity index (χ3v) is 4.97. The summed E-state index contributed by atoms with van der Waals surface area (Å²) < 4.78 is 7.11. The molecule has 0 aliphatic carbocycles. The number of thioether (sulfide) groups is 1. The van der Waals surface area contributed by atoms with E-state index in [4.69, 9.17) is 10.00 Å². The third-order valence-electron chi connectivity index (χ3n) is 3.89. The molecule has 6 nitrogen and oxygen atoms in total. The minimum Gasteiger partial charge on any atom is -0.497 e. The van der Waals surface area contributed by atoms with Crippen LogP contribution in [-0.4, -0.2) is 27.8 Å². The second kappa shape index (κ2) is 8.43. The van der Waals surface area contributed by atoms with Crippen molar-refractivity contribution < 1.29 is 9.53 Å². The molecule has 1 atom stereocenters. The monoisotopic (exact) mass is 378 g/mol. The maximum absolute atomic E-state index is 12.5. The van der Waals surface area contributed by atoms with Crippen LogP contribution in [0.5, 0.6) is 5.75 Å². The second-order valence-electron chi connectivity index (χ2n) is 5.72. The highest BCUT2D eigenvalue weighted by Crippen LogP contribution is 2.26. The van der Waals surface area contributed by atoms with Gasteiger partial charge in [-0.1, -0.05) is 11.8 Å². The summed E-state index contributed by atoms with van der Waals surface area (Å²) in [5, 5.41) is 12.1. The fraction of sp³-hybridized carbons (Fsp3) is 0.150. The summed E-state index contributed by atoms with van der Waals surface area (Å²) in [5.74, 6) is 0.650. The number of hydrogen-bond donors (Lipinski definition) is 1. The Labute approximate surface area is 161 Å². The van der Waals surface area contributed by atoms with Gasteiger partial charge in [0, 0.05) is 23.8 Å². The van der Waals surface area contributed by atoms with Crippen LogP contribution in [0.1, 0.15) is 12.5 Å². The largest absolute Gasteiger partial charge is 0.497 e. The van der Waals surface area contributed by atoms with Crippen LogP contribution in [0.25, 0.3) is 5.69 Å². The molecule has 27 heavy (non-hydrogen) atoms. The van der Waals surface area contributed by atoms with Crippen molar-refractivity contribution in [2.75, 3.05) is 12.4 Å². The van der Waals surface area contributed by atoms with Gasteiger partial charge in [0.05, 0.1) is 24.0 Å². The van der Waals surface area contributed by atoms with Crippen LogP contribution < -0.4 is 10.1 Å². The number of imidazole rings is 1. The van der Waals surface area contributed by atoms with E-state index in [0.717, 1.165) is 16.6 Å². The molecule has 3 aromatic rings. The van der Waals surface area contributed by atoms with Gasteiger partial charge in [0.1, 0.15) is 5.75 Å². The number of aromatic nitrogens is 2. The van der Waals surface area contributed by atoms with Gasteiger partial charge >= 0.3 is 0 Å². The number of hydrogen-bond acceptors (Lipinski definition) is 5. The molecule has 1 amide bonds. The Balaban J connectivity index is 1.68. The predicted octanol–water partition coefficient (Wildman–Crippen LogP) is 3.87. The molecular weight excluding hydrogens is 360 g/mol. The molecular formula is C20H18N4O2S. The number of carbonyl (C=O) groups is 1. The van der Waals surface area contributed by atoms with Crippen molar-refractivity contribution in [2.24, 2.45) is 0 Å². The zero-order valence-electron chi connectivity index (χ0n) is 14.9. The Morgan fingerprint density at radius 1 is 1.22 bits per heavy atom. The van der Waals surface area contributed by atoms with Gasteiger partial charge in [-0.05, 0) is 55.5 Å². The zero-order chi connectivity index (χ0) is 19.2.